The van der Waals surface area contributed by atoms with Gasteiger partial charge in [-0.1, -0.05) is 15.9 Å². The van der Waals surface area contributed by atoms with Crippen molar-refractivity contribution in [1.29, 1.82) is 0 Å². The van der Waals surface area contributed by atoms with Crippen LogP contribution in [-0.4, -0.2) is 14.6 Å². The quantitative estimate of drug-likeness (QED) is 0.796. The van der Waals surface area contributed by atoms with Gasteiger partial charge in [-0.05, 0) is 42.8 Å². The number of hydrogen-bond acceptors (Lipinski definition) is 3. The van der Waals surface area contributed by atoms with Crippen LogP contribution in [0.5, 0.6) is 0 Å². The lowest BCUT2D eigenvalue weighted by Crippen LogP contribution is -2.03. The topological polar surface area (TPSA) is 42.2 Å². The third-order valence-electron chi connectivity index (χ3n) is 2.94. The molecule has 6 heteroatoms. The molecule has 0 spiro atoms. The fraction of sp³-hybridized carbons (Fsp3) is 0.143. The van der Waals surface area contributed by atoms with Crippen molar-refractivity contribution in [1.82, 2.24) is 14.6 Å². The maximum atomic E-state index is 13.6. The highest BCUT2D eigenvalue weighted by Crippen LogP contribution is 2.16. The number of halogens is 2. The number of anilines is 1. The first-order valence-corrected chi connectivity index (χ1v) is 6.92. The molecule has 1 N–H and O–H groups in total. The van der Waals surface area contributed by atoms with E-state index in [1.165, 1.54) is 6.07 Å². The second-order valence-corrected chi connectivity index (χ2v) is 5.45. The molecule has 0 aliphatic rings. The van der Waals surface area contributed by atoms with E-state index in [1.54, 1.807) is 16.6 Å². The van der Waals surface area contributed by atoms with Gasteiger partial charge in [0, 0.05) is 22.8 Å². The van der Waals surface area contributed by atoms with Crippen molar-refractivity contribution in [3.05, 3.63) is 57.9 Å². The van der Waals surface area contributed by atoms with Gasteiger partial charge >= 0.3 is 0 Å². The highest BCUT2D eigenvalue weighted by atomic mass is 79.9. The minimum absolute atomic E-state index is 0.250. The van der Waals surface area contributed by atoms with Crippen molar-refractivity contribution in [2.45, 2.75) is 13.5 Å². The average molecular weight is 335 g/mol. The summed E-state index contributed by atoms with van der Waals surface area (Å²) in [7, 11) is 0. The van der Waals surface area contributed by atoms with Crippen molar-refractivity contribution in [3.8, 4) is 0 Å². The summed E-state index contributed by atoms with van der Waals surface area (Å²) >= 11 is 3.33. The number of rotatable bonds is 3. The lowest BCUT2D eigenvalue weighted by molar-refractivity contribution is 0.612. The van der Waals surface area contributed by atoms with Crippen LogP contribution < -0.4 is 5.32 Å². The lowest BCUT2D eigenvalue weighted by atomic mass is 10.2. The molecule has 3 rings (SSSR count). The largest absolute Gasteiger partial charge is 0.349 e. The van der Waals surface area contributed by atoms with Crippen LogP contribution in [0.1, 0.15) is 11.1 Å². The Morgan fingerprint density at radius 1 is 1.30 bits per heavy atom. The molecule has 0 atom stereocenters. The zero-order chi connectivity index (χ0) is 14.1. The molecule has 0 radical (unpaired) electrons. The standard InChI is InChI=1S/C14H12BrFN4/c1-9-4-5-20-13(6-9)18-14(19-20)17-8-10-7-11(15)2-3-12(10)16/h2-7H,8H2,1H3,(H,17,19). The SMILES string of the molecule is Cc1ccn2nc(NCc3cc(Br)ccc3F)nc2c1. The normalized spacial score (nSPS) is 10.9. The minimum Gasteiger partial charge on any atom is -0.349 e. The van der Waals surface area contributed by atoms with Gasteiger partial charge in [0.2, 0.25) is 5.95 Å². The fourth-order valence-corrected chi connectivity index (χ4v) is 2.32. The van der Waals surface area contributed by atoms with E-state index in [-0.39, 0.29) is 5.82 Å². The van der Waals surface area contributed by atoms with Crippen LogP contribution >= 0.6 is 15.9 Å². The first-order valence-electron chi connectivity index (χ1n) is 6.13. The molecule has 0 saturated heterocycles. The molecular formula is C14H12BrFN4. The van der Waals surface area contributed by atoms with Crippen LogP contribution in [-0.2, 0) is 6.54 Å². The Bertz CT molecular complexity index is 769. The summed E-state index contributed by atoms with van der Waals surface area (Å²) in [5, 5.41) is 7.32. The van der Waals surface area contributed by atoms with Gasteiger partial charge in [-0.3, -0.25) is 0 Å². The minimum atomic E-state index is -0.250. The first-order chi connectivity index (χ1) is 9.61. The van der Waals surface area contributed by atoms with Gasteiger partial charge in [-0.25, -0.2) is 8.91 Å². The number of aryl methyl sites for hydroxylation is 1. The molecule has 0 amide bonds. The molecule has 20 heavy (non-hydrogen) atoms. The third-order valence-corrected chi connectivity index (χ3v) is 3.43. The molecular weight excluding hydrogens is 323 g/mol. The molecule has 3 aromatic rings. The van der Waals surface area contributed by atoms with Gasteiger partial charge < -0.3 is 5.32 Å². The first kappa shape index (κ1) is 13.1. The summed E-state index contributed by atoms with van der Waals surface area (Å²) in [5.74, 6) is 0.232. The summed E-state index contributed by atoms with van der Waals surface area (Å²) in [6.45, 7) is 2.33. The van der Waals surface area contributed by atoms with Crippen LogP contribution in [0.25, 0.3) is 5.65 Å². The number of nitrogens with one attached hydrogen (secondary N) is 1. The van der Waals surface area contributed by atoms with E-state index in [2.05, 4.69) is 31.3 Å². The van der Waals surface area contributed by atoms with E-state index in [0.717, 1.165) is 15.7 Å². The van der Waals surface area contributed by atoms with E-state index in [0.29, 0.717) is 18.1 Å². The van der Waals surface area contributed by atoms with Gasteiger partial charge in [0.1, 0.15) is 5.82 Å². The van der Waals surface area contributed by atoms with Crippen molar-refractivity contribution >= 4 is 27.5 Å². The lowest BCUT2D eigenvalue weighted by Gasteiger charge is -2.04. The molecule has 1 aromatic carbocycles. The molecule has 0 unspecified atom stereocenters. The number of nitrogens with zero attached hydrogens (tertiary/aromatic N) is 3. The summed E-state index contributed by atoms with van der Waals surface area (Å²) in [5.41, 5.74) is 2.45. The van der Waals surface area contributed by atoms with E-state index >= 15 is 0 Å². The second-order valence-electron chi connectivity index (χ2n) is 4.53. The zero-order valence-corrected chi connectivity index (χ0v) is 12.4. The third kappa shape index (κ3) is 2.65. The van der Waals surface area contributed by atoms with Gasteiger partial charge in [0.15, 0.2) is 5.65 Å². The molecule has 0 aliphatic carbocycles. The predicted octanol–water partition coefficient (Wildman–Crippen LogP) is 3.55. The van der Waals surface area contributed by atoms with Gasteiger partial charge in [-0.2, -0.15) is 4.98 Å². The Labute approximate surface area is 123 Å². The van der Waals surface area contributed by atoms with Gasteiger partial charge in [0.05, 0.1) is 0 Å². The van der Waals surface area contributed by atoms with E-state index in [4.69, 9.17) is 0 Å². The summed E-state index contributed by atoms with van der Waals surface area (Å²) in [6, 6.07) is 8.74. The molecule has 2 heterocycles. The van der Waals surface area contributed by atoms with Crippen LogP contribution in [0, 0.1) is 12.7 Å². The van der Waals surface area contributed by atoms with Crippen LogP contribution in [0.15, 0.2) is 41.0 Å². The monoisotopic (exact) mass is 334 g/mol. The molecule has 0 saturated carbocycles. The van der Waals surface area contributed by atoms with Gasteiger partial charge in [0.25, 0.3) is 0 Å². The second kappa shape index (κ2) is 5.20. The molecule has 0 aliphatic heterocycles. The Morgan fingerprint density at radius 3 is 3.00 bits per heavy atom. The summed E-state index contributed by atoms with van der Waals surface area (Å²) < 4.78 is 16.2. The van der Waals surface area contributed by atoms with E-state index in [1.807, 2.05) is 25.3 Å². The predicted molar refractivity (Wildman–Crippen MR) is 79.2 cm³/mol. The van der Waals surface area contributed by atoms with Crippen molar-refractivity contribution in [2.75, 3.05) is 5.32 Å². The van der Waals surface area contributed by atoms with Crippen molar-refractivity contribution < 1.29 is 4.39 Å². The Morgan fingerprint density at radius 2 is 2.15 bits per heavy atom. The maximum Gasteiger partial charge on any atom is 0.243 e. The molecule has 4 nitrogen and oxygen atoms in total. The highest BCUT2D eigenvalue weighted by Gasteiger charge is 2.06. The number of fused-ring (bicyclic) bond motifs is 1. The highest BCUT2D eigenvalue weighted by molar-refractivity contribution is 9.10. The number of benzene rings is 1. The maximum absolute atomic E-state index is 13.6. The summed E-state index contributed by atoms with van der Waals surface area (Å²) in [6.07, 6.45) is 1.85. The smallest absolute Gasteiger partial charge is 0.243 e. The van der Waals surface area contributed by atoms with Crippen LogP contribution in [0.2, 0.25) is 0 Å². The average Bonchev–Trinajstić information content (AvgIpc) is 2.81. The number of aromatic nitrogens is 3. The van der Waals surface area contributed by atoms with Gasteiger partial charge in [-0.15, -0.1) is 5.10 Å². The van der Waals surface area contributed by atoms with Crippen LogP contribution in [0.3, 0.4) is 0 Å². The fourth-order valence-electron chi connectivity index (χ4n) is 1.91. The Balaban J connectivity index is 1.81. The van der Waals surface area contributed by atoms with Crippen molar-refractivity contribution in [3.63, 3.8) is 0 Å². The molecule has 102 valence electrons. The Kier molecular flexibility index (Phi) is 3.40. The van der Waals surface area contributed by atoms with E-state index < -0.39 is 0 Å². The number of pyridine rings is 1. The molecule has 0 bridgehead atoms. The molecule has 2 aromatic heterocycles. The van der Waals surface area contributed by atoms with Crippen molar-refractivity contribution in [2.24, 2.45) is 0 Å². The zero-order valence-electron chi connectivity index (χ0n) is 10.8. The van der Waals surface area contributed by atoms with E-state index in [9.17, 15) is 4.39 Å². The molecule has 0 fully saturated rings. The Hall–Kier alpha value is -1.95. The summed E-state index contributed by atoms with van der Waals surface area (Å²) in [4.78, 5) is 4.35. The van der Waals surface area contributed by atoms with Crippen LogP contribution in [0.4, 0.5) is 10.3 Å². The number of hydrogen-bond donors (Lipinski definition) is 1.